The zero-order valence-corrected chi connectivity index (χ0v) is 20.6. The molecule has 1 atom stereocenters. The van der Waals surface area contributed by atoms with E-state index < -0.39 is 12.6 Å². The average Bonchev–Trinajstić information content (AvgIpc) is 3.02. The number of alkyl halides is 2. The Kier molecular flexibility index (Phi) is 11.8. The average molecular weight is 488 g/mol. The molecule has 1 aromatic rings. The number of hydrogen-bond acceptors (Lipinski definition) is 5. The van der Waals surface area contributed by atoms with Gasteiger partial charge in [-0.05, 0) is 24.2 Å². The number of aromatic nitrogens is 2. The van der Waals surface area contributed by atoms with Crippen LogP contribution in [0.5, 0.6) is 0 Å². The molecule has 0 aliphatic carbocycles. The number of unbranched alkanes of at least 4 members (excludes halogenated alkanes) is 2. The van der Waals surface area contributed by atoms with Crippen molar-refractivity contribution in [3.63, 3.8) is 0 Å². The Morgan fingerprint density at radius 1 is 1.27 bits per heavy atom. The third-order valence-electron chi connectivity index (χ3n) is 4.49. The highest BCUT2D eigenvalue weighted by Crippen LogP contribution is 2.47. The molecule has 0 saturated heterocycles. The Labute approximate surface area is 188 Å². The number of imidazole rings is 1. The molecule has 1 unspecified atom stereocenters. The number of nitrogens with zero attached hydrogens (tertiary/aromatic N) is 5. The summed E-state index contributed by atoms with van der Waals surface area (Å²) in [6.45, 7) is 2.17. The number of nitro groups is 1. The Morgan fingerprint density at radius 2 is 1.90 bits per heavy atom. The molecule has 1 N–H and O–H groups in total. The van der Waals surface area contributed by atoms with Crippen LogP contribution in [0.15, 0.2) is 6.20 Å². The molecule has 0 aliphatic rings. The summed E-state index contributed by atoms with van der Waals surface area (Å²) in [5.41, 5.74) is 0.448. The van der Waals surface area contributed by atoms with E-state index in [2.05, 4.69) is 31.2 Å². The smallest absolute Gasteiger partial charge is 0.390 e. The Balaban J connectivity index is 2.77. The van der Waals surface area contributed by atoms with Crippen LogP contribution in [0.25, 0.3) is 0 Å². The van der Waals surface area contributed by atoms with Crippen molar-refractivity contribution < 1.29 is 18.5 Å². The predicted octanol–water partition coefficient (Wildman–Crippen LogP) is 3.20. The van der Waals surface area contributed by atoms with E-state index in [-0.39, 0.29) is 24.3 Å². The van der Waals surface area contributed by atoms with Crippen LogP contribution < -0.4 is 5.09 Å². The second-order valence-electron chi connectivity index (χ2n) is 7.97. The first-order valence-corrected chi connectivity index (χ1v) is 12.5. The highest BCUT2D eigenvalue weighted by Gasteiger charge is 2.32. The van der Waals surface area contributed by atoms with Gasteiger partial charge < -0.3 is 14.6 Å². The molecule has 0 amide bonds. The standard InChI is InChI=1S/C17H34Cl2N6O4P/c1-22-16(14-20-17(22)24(26)27)15-29-30(28,23(11-8-18)12-9-19)21-10-6-5-7-13-25(2,3)4/h14H,5-13,15H2,1-4H3,(H,21,28)/q+1. The summed E-state index contributed by atoms with van der Waals surface area (Å²) in [6.07, 6.45) is 4.27. The van der Waals surface area contributed by atoms with Gasteiger partial charge in [0.2, 0.25) is 0 Å². The molecule has 1 rings (SSSR count). The Bertz CT molecular complexity index is 707. The van der Waals surface area contributed by atoms with Crippen molar-refractivity contribution in [2.24, 2.45) is 7.05 Å². The van der Waals surface area contributed by atoms with Crippen LogP contribution >= 0.6 is 30.9 Å². The van der Waals surface area contributed by atoms with Gasteiger partial charge in [0.25, 0.3) is 0 Å². The van der Waals surface area contributed by atoms with Crippen molar-refractivity contribution in [3.8, 4) is 0 Å². The van der Waals surface area contributed by atoms with Crippen molar-refractivity contribution in [1.29, 1.82) is 0 Å². The van der Waals surface area contributed by atoms with Gasteiger partial charge in [-0.15, -0.1) is 23.2 Å². The number of rotatable bonds is 16. The van der Waals surface area contributed by atoms with E-state index in [1.54, 1.807) is 4.67 Å². The number of nitrogens with one attached hydrogen (secondary N) is 1. The molecule has 30 heavy (non-hydrogen) atoms. The molecule has 0 aliphatic heterocycles. The quantitative estimate of drug-likeness (QED) is 0.0952. The molecule has 0 spiro atoms. The van der Waals surface area contributed by atoms with E-state index in [0.29, 0.717) is 25.3 Å². The second-order valence-corrected chi connectivity index (χ2v) is 10.9. The molecular weight excluding hydrogens is 454 g/mol. The highest BCUT2D eigenvalue weighted by atomic mass is 35.5. The zero-order valence-electron chi connectivity index (χ0n) is 18.2. The van der Waals surface area contributed by atoms with E-state index in [9.17, 15) is 14.7 Å². The minimum atomic E-state index is -3.44. The van der Waals surface area contributed by atoms with Crippen molar-refractivity contribution in [3.05, 3.63) is 22.0 Å². The van der Waals surface area contributed by atoms with Crippen molar-refractivity contribution >= 4 is 36.8 Å². The van der Waals surface area contributed by atoms with Crippen molar-refractivity contribution in [1.82, 2.24) is 19.3 Å². The van der Waals surface area contributed by atoms with E-state index in [4.69, 9.17) is 27.7 Å². The third kappa shape index (κ3) is 9.18. The van der Waals surface area contributed by atoms with Gasteiger partial charge in [-0.3, -0.25) is 9.09 Å². The molecule has 13 heteroatoms. The van der Waals surface area contributed by atoms with Crippen molar-refractivity contribution in [2.75, 3.05) is 59.1 Å². The fraction of sp³-hybridized carbons (Fsp3) is 0.824. The molecule has 1 aromatic heterocycles. The van der Waals surface area contributed by atoms with Crippen LogP contribution in [0.2, 0.25) is 0 Å². The van der Waals surface area contributed by atoms with Crippen LogP contribution in [0.1, 0.15) is 25.0 Å². The first kappa shape index (κ1) is 27.3. The van der Waals surface area contributed by atoms with Gasteiger partial charge in [0.1, 0.15) is 18.5 Å². The summed E-state index contributed by atoms with van der Waals surface area (Å²) in [5.74, 6) is 0.242. The first-order valence-electron chi connectivity index (χ1n) is 9.86. The van der Waals surface area contributed by atoms with Crippen LogP contribution in [-0.2, 0) is 22.7 Å². The van der Waals surface area contributed by atoms with Crippen LogP contribution in [-0.4, -0.2) is 82.7 Å². The van der Waals surface area contributed by atoms with Crippen molar-refractivity contribution in [2.45, 2.75) is 25.9 Å². The van der Waals surface area contributed by atoms with Gasteiger partial charge in [-0.25, -0.2) is 14.3 Å². The van der Waals surface area contributed by atoms with Gasteiger partial charge in [-0.1, -0.05) is 4.98 Å². The maximum Gasteiger partial charge on any atom is 0.434 e. The Hall–Kier alpha value is -0.740. The summed E-state index contributed by atoms with van der Waals surface area (Å²) >= 11 is 11.8. The summed E-state index contributed by atoms with van der Waals surface area (Å²) in [6, 6.07) is 0. The fourth-order valence-electron chi connectivity index (χ4n) is 2.80. The first-order chi connectivity index (χ1) is 14.0. The minimum Gasteiger partial charge on any atom is -0.390 e. The normalized spacial score (nSPS) is 14.2. The van der Waals surface area contributed by atoms with E-state index in [1.165, 1.54) is 17.8 Å². The molecule has 0 saturated carbocycles. The topological polar surface area (TPSA) is 103 Å². The SMILES string of the molecule is Cn1c(COP(=O)(NCCCCC[N+](C)(C)C)N(CCCl)CCCl)cnc1[N+](=O)[O-]. The van der Waals surface area contributed by atoms with Gasteiger partial charge in [0.15, 0.2) is 0 Å². The molecular formula is C17H34Cl2N6O4P+. The molecule has 0 aromatic carbocycles. The summed E-state index contributed by atoms with van der Waals surface area (Å²) in [7, 11) is 4.53. The number of halogens is 2. The molecule has 0 bridgehead atoms. The monoisotopic (exact) mass is 487 g/mol. The molecule has 0 radical (unpaired) electrons. The molecule has 1 heterocycles. The maximum atomic E-state index is 13.6. The lowest BCUT2D eigenvalue weighted by atomic mass is 10.2. The number of hydrogen-bond donors (Lipinski definition) is 1. The lowest BCUT2D eigenvalue weighted by Crippen LogP contribution is -2.35. The largest absolute Gasteiger partial charge is 0.434 e. The van der Waals surface area contributed by atoms with E-state index >= 15 is 0 Å². The predicted molar refractivity (Wildman–Crippen MR) is 120 cm³/mol. The van der Waals surface area contributed by atoms with Gasteiger partial charge in [-0.2, -0.15) is 0 Å². The molecule has 10 nitrogen and oxygen atoms in total. The van der Waals surface area contributed by atoms with Crippen LogP contribution in [0, 0.1) is 10.1 Å². The summed E-state index contributed by atoms with van der Waals surface area (Å²) in [5, 5.41) is 14.0. The number of quaternary nitrogens is 1. The zero-order chi connectivity index (χ0) is 22.8. The molecule has 174 valence electrons. The lowest BCUT2D eigenvalue weighted by molar-refractivity contribution is -0.870. The Morgan fingerprint density at radius 3 is 2.40 bits per heavy atom. The minimum absolute atomic E-state index is 0.0931. The summed E-state index contributed by atoms with van der Waals surface area (Å²) in [4.78, 5) is 14.2. The highest BCUT2D eigenvalue weighted by molar-refractivity contribution is 7.54. The lowest BCUT2D eigenvalue weighted by Gasteiger charge is -2.30. The van der Waals surface area contributed by atoms with Crippen LogP contribution in [0.3, 0.4) is 0 Å². The van der Waals surface area contributed by atoms with Gasteiger partial charge in [0, 0.05) is 31.4 Å². The van der Waals surface area contributed by atoms with Crippen LogP contribution in [0.4, 0.5) is 5.95 Å². The maximum absolute atomic E-state index is 13.6. The molecule has 0 fully saturated rings. The fourth-order valence-corrected chi connectivity index (χ4v) is 5.37. The van der Waals surface area contributed by atoms with E-state index in [0.717, 1.165) is 30.3 Å². The van der Waals surface area contributed by atoms with Gasteiger partial charge in [0.05, 0.1) is 34.7 Å². The third-order valence-corrected chi connectivity index (χ3v) is 7.07. The van der Waals surface area contributed by atoms with Gasteiger partial charge >= 0.3 is 13.6 Å². The second kappa shape index (κ2) is 13.0. The van der Waals surface area contributed by atoms with E-state index in [1.807, 2.05) is 0 Å². The summed E-state index contributed by atoms with van der Waals surface area (Å²) < 4.78 is 23.2.